The van der Waals surface area contributed by atoms with Gasteiger partial charge in [0.25, 0.3) is 0 Å². The summed E-state index contributed by atoms with van der Waals surface area (Å²) in [5.41, 5.74) is 0. The first-order chi connectivity index (χ1) is 2.27. The summed E-state index contributed by atoms with van der Waals surface area (Å²) in [4.78, 5) is 9.75. The third-order valence-corrected chi connectivity index (χ3v) is 0.833. The summed E-state index contributed by atoms with van der Waals surface area (Å²) in [5.74, 6) is 0. The molecule has 0 aliphatic heterocycles. The van der Waals surface area contributed by atoms with Gasteiger partial charge in [-0.25, -0.2) is 0 Å². The second-order valence-corrected chi connectivity index (χ2v) is 2.13. The largest absolute Gasteiger partial charge is 0 e. The molecule has 0 rings (SSSR count). The minimum atomic E-state index is 0. The Morgan fingerprint density at radius 3 is 2.00 bits per heavy atom. The van der Waals surface area contributed by atoms with Crippen LogP contribution in [0.2, 0.25) is 0 Å². The van der Waals surface area contributed by atoms with Gasteiger partial charge in [0.05, 0.1) is 0 Å². The molecular weight excluding hydrogens is 181 g/mol. The Morgan fingerprint density at radius 2 is 2.00 bits per heavy atom. The summed E-state index contributed by atoms with van der Waals surface area (Å²) in [6, 6.07) is 0. The zero-order valence-corrected chi connectivity index (χ0v) is 7.11. The van der Waals surface area contributed by atoms with Gasteiger partial charge in [-0.1, -0.05) is 0 Å². The first-order valence-electron chi connectivity index (χ1n) is 1.25. The van der Waals surface area contributed by atoms with Crippen LogP contribution in [0.15, 0.2) is 12.7 Å². The molecule has 0 unspecified atom stereocenters. The molecule has 0 saturated carbocycles. The fraction of sp³-hybridized carbons (Fsp3) is 0. The van der Waals surface area contributed by atoms with Crippen LogP contribution in [0.25, 0.3) is 0 Å². The number of carbonyl (C=O) groups is 1. The molecule has 0 spiro atoms. The van der Waals surface area contributed by atoms with Gasteiger partial charge in [0, 0.05) is 17.1 Å². The third kappa shape index (κ3) is 8.82. The molecule has 0 aromatic heterocycles. The van der Waals surface area contributed by atoms with E-state index in [1.54, 1.807) is 0 Å². The van der Waals surface area contributed by atoms with Gasteiger partial charge in [-0.15, -0.1) is 0 Å². The zero-order chi connectivity index (χ0) is 4.28. The van der Waals surface area contributed by atoms with Crippen molar-refractivity contribution < 1.29 is 40.2 Å². The SMILES string of the molecule is C=C[C](=O)[Zn].[Cu]. The molecule has 0 bridgehead atoms. The van der Waals surface area contributed by atoms with Gasteiger partial charge >= 0.3 is 40.1 Å². The Kier molecular flexibility index (Phi) is 9.02. The number of hydrogen-bond donors (Lipinski definition) is 0. The van der Waals surface area contributed by atoms with Crippen molar-refractivity contribution in [3.63, 3.8) is 0 Å². The summed E-state index contributed by atoms with van der Waals surface area (Å²) in [6.07, 6.45) is 1.33. The van der Waals surface area contributed by atoms with E-state index in [1.165, 1.54) is 6.08 Å². The molecule has 0 fully saturated rings. The second kappa shape index (κ2) is 5.55. The predicted molar refractivity (Wildman–Crippen MR) is 15.2 cm³/mol. The minimum Gasteiger partial charge on any atom is 0 e. The predicted octanol–water partition coefficient (Wildman–Crippen LogP) is 0.243. The molecule has 1 nitrogen and oxygen atoms in total. The number of rotatable bonds is 1. The molecule has 3 heteroatoms. The molecule has 0 aliphatic rings. The maximum atomic E-state index is 9.75. The van der Waals surface area contributed by atoms with Crippen LogP contribution in [0.1, 0.15) is 0 Å². The molecule has 34 valence electrons. The smallest absolute Gasteiger partial charge is 0 e. The number of allylic oxidation sites excluding steroid dienone is 1. The van der Waals surface area contributed by atoms with Gasteiger partial charge in [0.2, 0.25) is 0 Å². The zero-order valence-electron chi connectivity index (χ0n) is 3.20. The topological polar surface area (TPSA) is 17.1 Å². The first-order valence-corrected chi connectivity index (χ1v) is 2.74. The van der Waals surface area contributed by atoms with Gasteiger partial charge < -0.3 is 0 Å². The fourth-order valence-corrected chi connectivity index (χ4v) is 0. The van der Waals surface area contributed by atoms with Crippen molar-refractivity contribution in [2.24, 2.45) is 0 Å². The molecule has 0 aliphatic carbocycles. The van der Waals surface area contributed by atoms with E-state index >= 15 is 0 Å². The van der Waals surface area contributed by atoms with Crippen LogP contribution in [0.5, 0.6) is 0 Å². The maximum Gasteiger partial charge on any atom is 0 e. The van der Waals surface area contributed by atoms with Crippen molar-refractivity contribution >= 4 is 4.38 Å². The fourth-order valence-electron chi connectivity index (χ4n) is 0. The monoisotopic (exact) mass is 182 g/mol. The summed E-state index contributed by atoms with van der Waals surface area (Å²) >= 11 is 0.698. The Bertz CT molecular complexity index is 61.8. The Balaban J connectivity index is 0. The third-order valence-electron chi connectivity index (χ3n) is 0.228. The standard InChI is InChI=1S/C3H3O.Cu.Zn/c1-2-3-4;;/h2H,1H2;;. The molecule has 0 amide bonds. The summed E-state index contributed by atoms with van der Waals surface area (Å²) in [6.45, 7) is 3.24. The van der Waals surface area contributed by atoms with Crippen LogP contribution in [0.4, 0.5) is 0 Å². The average Bonchev–Trinajstić information content (AvgIpc) is 1.38. The van der Waals surface area contributed by atoms with Gasteiger partial charge in [-0.3, -0.25) is 0 Å². The van der Waals surface area contributed by atoms with Crippen LogP contribution < -0.4 is 0 Å². The Labute approximate surface area is 57.3 Å². The summed E-state index contributed by atoms with van der Waals surface area (Å²) in [7, 11) is 0. The van der Waals surface area contributed by atoms with E-state index in [2.05, 4.69) is 6.58 Å². The summed E-state index contributed by atoms with van der Waals surface area (Å²) in [5, 5.41) is 0. The van der Waals surface area contributed by atoms with Crippen molar-refractivity contribution in [1.82, 2.24) is 0 Å². The molecule has 0 saturated heterocycles. The molecular formula is C3H3CuOZn. The second-order valence-electron chi connectivity index (χ2n) is 0.670. The van der Waals surface area contributed by atoms with E-state index in [0.29, 0.717) is 18.3 Å². The van der Waals surface area contributed by atoms with Crippen molar-refractivity contribution in [2.45, 2.75) is 0 Å². The number of hydrogen-bond acceptors (Lipinski definition) is 1. The van der Waals surface area contributed by atoms with E-state index in [-0.39, 0.29) is 21.4 Å². The van der Waals surface area contributed by atoms with Gasteiger partial charge in [0.1, 0.15) is 0 Å². The van der Waals surface area contributed by atoms with Crippen molar-refractivity contribution in [3.8, 4) is 0 Å². The van der Waals surface area contributed by atoms with Gasteiger partial charge in [-0.05, 0) is 0 Å². The molecule has 0 N–H and O–H groups in total. The molecule has 0 atom stereocenters. The molecule has 1 radical (unpaired) electrons. The Morgan fingerprint density at radius 1 is 1.83 bits per heavy atom. The van der Waals surface area contributed by atoms with E-state index in [0.717, 1.165) is 0 Å². The Hall–Kier alpha value is 0.553. The first kappa shape index (κ1) is 9.75. The van der Waals surface area contributed by atoms with Crippen LogP contribution >= 0.6 is 0 Å². The normalized spacial score (nSPS) is 5.67. The van der Waals surface area contributed by atoms with Crippen molar-refractivity contribution in [3.05, 3.63) is 12.7 Å². The van der Waals surface area contributed by atoms with Crippen LogP contribution in [0, 0.1) is 0 Å². The number of carbonyl (C=O) groups excluding carboxylic acids is 1. The summed E-state index contributed by atoms with van der Waals surface area (Å²) < 4.78 is 0.144. The average molecular weight is 184 g/mol. The van der Waals surface area contributed by atoms with Crippen LogP contribution in [-0.2, 0) is 40.2 Å². The quantitative estimate of drug-likeness (QED) is 0.421. The van der Waals surface area contributed by atoms with Gasteiger partial charge in [-0.2, -0.15) is 0 Å². The maximum absolute atomic E-state index is 9.75. The van der Waals surface area contributed by atoms with E-state index < -0.39 is 0 Å². The van der Waals surface area contributed by atoms with Gasteiger partial charge in [0.15, 0.2) is 0 Å². The molecule has 0 aromatic rings. The van der Waals surface area contributed by atoms with E-state index in [4.69, 9.17) is 0 Å². The molecule has 6 heavy (non-hydrogen) atoms. The van der Waals surface area contributed by atoms with Crippen LogP contribution in [-0.4, -0.2) is 4.38 Å². The van der Waals surface area contributed by atoms with Crippen LogP contribution in [0.3, 0.4) is 0 Å². The minimum absolute atomic E-state index is 0. The van der Waals surface area contributed by atoms with Crippen molar-refractivity contribution in [2.75, 3.05) is 0 Å². The van der Waals surface area contributed by atoms with E-state index in [1.807, 2.05) is 0 Å². The molecule has 0 heterocycles. The van der Waals surface area contributed by atoms with Crippen molar-refractivity contribution in [1.29, 1.82) is 0 Å². The van der Waals surface area contributed by atoms with E-state index in [9.17, 15) is 4.79 Å². The molecule has 0 aromatic carbocycles.